The Morgan fingerprint density at radius 3 is 2.75 bits per heavy atom. The second-order valence-electron chi connectivity index (χ2n) is 9.58. The monoisotopic (exact) mass is 388 g/mol. The molecule has 1 aliphatic heterocycles. The lowest BCUT2D eigenvalue weighted by Gasteiger charge is -2.66. The maximum Gasteiger partial charge on any atom is 0.312 e. The van der Waals surface area contributed by atoms with E-state index in [4.69, 9.17) is 9.47 Å². The van der Waals surface area contributed by atoms with Crippen LogP contribution in [-0.4, -0.2) is 30.4 Å². The summed E-state index contributed by atoms with van der Waals surface area (Å²) in [4.78, 5) is 38.9. The SMILES string of the molecule is C=C1C(=O)[C@]23CC[C@H]1CC2C1(CCCC)C(=O)OCC(C)C1C[C@H]3OC(C)=O. The number of hydrogen-bond acceptors (Lipinski definition) is 5. The van der Waals surface area contributed by atoms with Crippen LogP contribution in [0.3, 0.4) is 0 Å². The van der Waals surface area contributed by atoms with Gasteiger partial charge in [-0.05, 0) is 61.3 Å². The van der Waals surface area contributed by atoms with Crippen LogP contribution in [0.25, 0.3) is 0 Å². The number of fused-ring (bicyclic) bond motifs is 3. The number of ether oxygens (including phenoxy) is 2. The molecule has 1 spiro atoms. The molecule has 4 unspecified atom stereocenters. The molecule has 2 bridgehead atoms. The Kier molecular flexibility index (Phi) is 4.71. The van der Waals surface area contributed by atoms with Crippen molar-refractivity contribution in [1.82, 2.24) is 0 Å². The quantitative estimate of drug-likeness (QED) is 0.540. The highest BCUT2D eigenvalue weighted by atomic mass is 16.5. The van der Waals surface area contributed by atoms with E-state index in [1.807, 2.05) is 0 Å². The molecule has 4 saturated carbocycles. The van der Waals surface area contributed by atoms with Gasteiger partial charge in [0.25, 0.3) is 0 Å². The zero-order valence-electron chi connectivity index (χ0n) is 17.3. The molecule has 4 aliphatic carbocycles. The lowest BCUT2D eigenvalue weighted by Crippen LogP contribution is -2.70. The summed E-state index contributed by atoms with van der Waals surface area (Å²) in [6.07, 6.45) is 5.13. The molecular formula is C23H32O5. The van der Waals surface area contributed by atoms with Crippen molar-refractivity contribution >= 4 is 17.7 Å². The van der Waals surface area contributed by atoms with Gasteiger partial charge in [0, 0.05) is 6.92 Å². The van der Waals surface area contributed by atoms with Crippen molar-refractivity contribution in [3.63, 3.8) is 0 Å². The van der Waals surface area contributed by atoms with E-state index in [9.17, 15) is 14.4 Å². The van der Waals surface area contributed by atoms with Gasteiger partial charge < -0.3 is 9.47 Å². The Hall–Kier alpha value is -1.65. The highest BCUT2D eigenvalue weighted by Gasteiger charge is 2.73. The van der Waals surface area contributed by atoms with Crippen molar-refractivity contribution in [2.75, 3.05) is 6.61 Å². The molecule has 7 atom stereocenters. The van der Waals surface area contributed by atoms with Crippen molar-refractivity contribution in [3.05, 3.63) is 12.2 Å². The predicted molar refractivity (Wildman–Crippen MR) is 103 cm³/mol. The number of allylic oxidation sites excluding steroid dienone is 1. The van der Waals surface area contributed by atoms with Crippen molar-refractivity contribution in [1.29, 1.82) is 0 Å². The molecule has 0 N–H and O–H groups in total. The van der Waals surface area contributed by atoms with Crippen LogP contribution >= 0.6 is 0 Å². The van der Waals surface area contributed by atoms with Crippen LogP contribution in [0, 0.1) is 34.5 Å². The molecule has 1 saturated heterocycles. The summed E-state index contributed by atoms with van der Waals surface area (Å²) in [5.74, 6) is -0.144. The Labute approximate surface area is 167 Å². The number of esters is 2. The number of hydrogen-bond donors (Lipinski definition) is 0. The fraction of sp³-hybridized carbons (Fsp3) is 0.783. The van der Waals surface area contributed by atoms with Crippen LogP contribution < -0.4 is 0 Å². The zero-order chi connectivity index (χ0) is 20.3. The number of Topliss-reactive ketones (excluding diaryl/α,β-unsaturated/α-hetero) is 1. The summed E-state index contributed by atoms with van der Waals surface area (Å²) in [6, 6.07) is 0. The van der Waals surface area contributed by atoms with E-state index in [2.05, 4.69) is 20.4 Å². The molecule has 0 radical (unpaired) electrons. The first kappa shape index (κ1) is 19.7. The second kappa shape index (κ2) is 6.70. The fourth-order valence-electron chi connectivity index (χ4n) is 7.16. The van der Waals surface area contributed by atoms with Gasteiger partial charge in [0.15, 0.2) is 5.78 Å². The highest BCUT2D eigenvalue weighted by Crippen LogP contribution is 2.69. The third kappa shape index (κ3) is 2.40. The summed E-state index contributed by atoms with van der Waals surface area (Å²) >= 11 is 0. The number of rotatable bonds is 4. The number of carbonyl (C=O) groups is 3. The zero-order valence-corrected chi connectivity index (χ0v) is 17.3. The molecule has 5 aliphatic rings. The van der Waals surface area contributed by atoms with Crippen molar-refractivity contribution in [3.8, 4) is 0 Å². The Morgan fingerprint density at radius 2 is 2.07 bits per heavy atom. The average molecular weight is 389 g/mol. The van der Waals surface area contributed by atoms with Crippen molar-refractivity contribution < 1.29 is 23.9 Å². The lowest BCUT2D eigenvalue weighted by atomic mass is 9.37. The van der Waals surface area contributed by atoms with Crippen molar-refractivity contribution in [2.24, 2.45) is 34.5 Å². The van der Waals surface area contributed by atoms with Crippen LogP contribution in [-0.2, 0) is 23.9 Å². The third-order valence-corrected chi connectivity index (χ3v) is 8.38. The van der Waals surface area contributed by atoms with Crippen LogP contribution in [0.1, 0.15) is 65.7 Å². The standard InChI is InChI=1S/C23H32O5/c1-5-6-8-22-17(13(2)12-27-21(22)26)11-19(28-15(4)24)23-9-7-16(10-18(22)23)14(3)20(23)25/h13,16-19H,3,5-12H2,1-2,4H3/t13?,16-,17?,18?,19+,22?,23+/m0/s1. The summed E-state index contributed by atoms with van der Waals surface area (Å²) in [6.45, 7) is 10.2. The maximum absolute atomic E-state index is 13.6. The van der Waals surface area contributed by atoms with Crippen LogP contribution in [0.4, 0.5) is 0 Å². The number of ketones is 1. The maximum atomic E-state index is 13.6. The van der Waals surface area contributed by atoms with Gasteiger partial charge in [-0.15, -0.1) is 0 Å². The average Bonchev–Trinajstić information content (AvgIpc) is 2.67. The fourth-order valence-corrected chi connectivity index (χ4v) is 7.16. The van der Waals surface area contributed by atoms with Gasteiger partial charge >= 0.3 is 11.9 Å². The molecule has 0 aromatic heterocycles. The van der Waals surface area contributed by atoms with E-state index in [1.54, 1.807) is 0 Å². The minimum Gasteiger partial charge on any atom is -0.465 e. The van der Waals surface area contributed by atoms with E-state index in [0.29, 0.717) is 25.0 Å². The summed E-state index contributed by atoms with van der Waals surface area (Å²) in [5, 5.41) is 0. The van der Waals surface area contributed by atoms with Gasteiger partial charge in [0.1, 0.15) is 6.10 Å². The smallest absolute Gasteiger partial charge is 0.312 e. The van der Waals surface area contributed by atoms with Gasteiger partial charge in [-0.1, -0.05) is 33.3 Å². The first-order chi connectivity index (χ1) is 13.3. The molecule has 1 heterocycles. The molecular weight excluding hydrogens is 356 g/mol. The van der Waals surface area contributed by atoms with Gasteiger partial charge in [-0.2, -0.15) is 0 Å². The van der Waals surface area contributed by atoms with E-state index < -0.39 is 16.9 Å². The van der Waals surface area contributed by atoms with E-state index >= 15 is 0 Å². The number of unbranched alkanes of at least 4 members (excludes halogenated alkanes) is 1. The van der Waals surface area contributed by atoms with Gasteiger partial charge in [-0.3, -0.25) is 14.4 Å². The highest BCUT2D eigenvalue weighted by molar-refractivity contribution is 6.03. The second-order valence-corrected chi connectivity index (χ2v) is 9.58. The molecule has 0 aromatic rings. The molecule has 5 rings (SSSR count). The van der Waals surface area contributed by atoms with E-state index in [-0.39, 0.29) is 41.4 Å². The molecule has 5 heteroatoms. The van der Waals surface area contributed by atoms with Gasteiger partial charge in [-0.25, -0.2) is 0 Å². The Bertz CT molecular complexity index is 727. The molecule has 28 heavy (non-hydrogen) atoms. The topological polar surface area (TPSA) is 69.7 Å². The minimum absolute atomic E-state index is 0.0339. The molecule has 0 aromatic carbocycles. The first-order valence-corrected chi connectivity index (χ1v) is 10.9. The molecule has 5 fully saturated rings. The Morgan fingerprint density at radius 1 is 1.32 bits per heavy atom. The number of carbonyl (C=O) groups excluding carboxylic acids is 3. The molecule has 5 nitrogen and oxygen atoms in total. The number of cyclic esters (lactones) is 1. The largest absolute Gasteiger partial charge is 0.465 e. The summed E-state index contributed by atoms with van der Waals surface area (Å²) < 4.78 is 11.5. The van der Waals surface area contributed by atoms with Crippen LogP contribution in [0.2, 0.25) is 0 Å². The predicted octanol–water partition coefficient (Wildman–Crippen LogP) is 3.85. The molecule has 0 amide bonds. The molecule has 154 valence electrons. The van der Waals surface area contributed by atoms with Crippen LogP contribution in [0.15, 0.2) is 12.2 Å². The van der Waals surface area contributed by atoms with Crippen LogP contribution in [0.5, 0.6) is 0 Å². The van der Waals surface area contributed by atoms with Gasteiger partial charge in [0.05, 0.1) is 17.4 Å². The lowest BCUT2D eigenvalue weighted by molar-refractivity contribution is -0.234. The summed E-state index contributed by atoms with van der Waals surface area (Å²) in [7, 11) is 0. The normalized spacial score (nSPS) is 44.5. The van der Waals surface area contributed by atoms with Crippen molar-refractivity contribution in [2.45, 2.75) is 71.8 Å². The van der Waals surface area contributed by atoms with Gasteiger partial charge in [0.2, 0.25) is 0 Å². The summed E-state index contributed by atoms with van der Waals surface area (Å²) in [5.41, 5.74) is -0.780. The first-order valence-electron chi connectivity index (χ1n) is 10.9. The third-order valence-electron chi connectivity index (χ3n) is 8.38. The van der Waals surface area contributed by atoms with E-state index in [1.165, 1.54) is 6.92 Å². The van der Waals surface area contributed by atoms with E-state index in [0.717, 1.165) is 32.1 Å². The minimum atomic E-state index is -0.808. The Balaban J connectivity index is 1.88.